The number of nitrogens with zero attached hydrogens (tertiary/aromatic N) is 1. The lowest BCUT2D eigenvalue weighted by molar-refractivity contribution is 0.235. The summed E-state index contributed by atoms with van der Waals surface area (Å²) < 4.78 is 0. The van der Waals surface area contributed by atoms with E-state index < -0.39 is 0 Å². The molecule has 1 heterocycles. The highest BCUT2D eigenvalue weighted by molar-refractivity contribution is 7.09. The van der Waals surface area contributed by atoms with Crippen molar-refractivity contribution >= 4 is 11.3 Å². The molecule has 0 radical (unpaired) electrons. The molecule has 2 rings (SSSR count). The van der Waals surface area contributed by atoms with Crippen molar-refractivity contribution in [2.24, 2.45) is 11.8 Å². The van der Waals surface area contributed by atoms with Crippen LogP contribution < -0.4 is 5.32 Å². The molecule has 2 nitrogen and oxygen atoms in total. The standard InChI is InChI=1S/C13H22N2S/c1-9-4-6-11(7-5-9)13(14-3)12-8-16-10(2)15-12/h8-9,11,13-14H,4-7H2,1-3H3. The molecule has 0 spiro atoms. The van der Waals surface area contributed by atoms with Crippen molar-refractivity contribution < 1.29 is 0 Å². The molecule has 1 aliphatic carbocycles. The summed E-state index contributed by atoms with van der Waals surface area (Å²) in [4.78, 5) is 4.63. The van der Waals surface area contributed by atoms with Gasteiger partial charge in [-0.25, -0.2) is 4.98 Å². The Labute approximate surface area is 102 Å². The number of thiazole rings is 1. The maximum absolute atomic E-state index is 4.63. The number of nitrogens with one attached hydrogen (secondary N) is 1. The van der Waals surface area contributed by atoms with Crippen LogP contribution in [0.5, 0.6) is 0 Å². The SMILES string of the molecule is CNC(c1csc(C)n1)C1CCC(C)CC1. The maximum Gasteiger partial charge on any atom is 0.0898 e. The average molecular weight is 238 g/mol. The second-order valence-corrected chi connectivity index (χ2v) is 6.14. The third kappa shape index (κ3) is 2.64. The highest BCUT2D eigenvalue weighted by atomic mass is 32.1. The fraction of sp³-hybridized carbons (Fsp3) is 0.769. The Morgan fingerprint density at radius 1 is 1.38 bits per heavy atom. The van der Waals surface area contributed by atoms with Crippen LogP contribution in [0.25, 0.3) is 0 Å². The van der Waals surface area contributed by atoms with Gasteiger partial charge in [-0.05, 0) is 38.6 Å². The van der Waals surface area contributed by atoms with Crippen LogP contribution in [0.2, 0.25) is 0 Å². The first-order chi connectivity index (χ1) is 7.70. The van der Waals surface area contributed by atoms with Crippen molar-refractivity contribution in [3.8, 4) is 0 Å². The van der Waals surface area contributed by atoms with Crippen LogP contribution in [0.15, 0.2) is 5.38 Å². The van der Waals surface area contributed by atoms with Crippen LogP contribution >= 0.6 is 11.3 Å². The topological polar surface area (TPSA) is 24.9 Å². The first-order valence-corrected chi connectivity index (χ1v) is 7.18. The summed E-state index contributed by atoms with van der Waals surface area (Å²) >= 11 is 1.76. The molecule has 1 aromatic heterocycles. The number of aryl methyl sites for hydroxylation is 1. The van der Waals surface area contributed by atoms with Gasteiger partial charge in [0, 0.05) is 5.38 Å². The quantitative estimate of drug-likeness (QED) is 0.871. The summed E-state index contributed by atoms with van der Waals surface area (Å²) in [5.41, 5.74) is 1.25. The molecule has 16 heavy (non-hydrogen) atoms. The lowest BCUT2D eigenvalue weighted by Gasteiger charge is -2.31. The molecule has 1 unspecified atom stereocenters. The molecule has 1 N–H and O–H groups in total. The lowest BCUT2D eigenvalue weighted by Crippen LogP contribution is -2.28. The Morgan fingerprint density at radius 2 is 2.06 bits per heavy atom. The first-order valence-electron chi connectivity index (χ1n) is 6.30. The van der Waals surface area contributed by atoms with E-state index in [1.54, 1.807) is 11.3 Å². The zero-order valence-corrected chi connectivity index (χ0v) is 11.3. The zero-order valence-electron chi connectivity index (χ0n) is 10.5. The second kappa shape index (κ2) is 5.28. The Hall–Kier alpha value is -0.410. The second-order valence-electron chi connectivity index (χ2n) is 5.08. The van der Waals surface area contributed by atoms with Crippen LogP contribution in [0.4, 0.5) is 0 Å². The molecule has 0 aromatic carbocycles. The molecular weight excluding hydrogens is 216 g/mol. The van der Waals surface area contributed by atoms with E-state index in [4.69, 9.17) is 0 Å². The van der Waals surface area contributed by atoms with E-state index in [-0.39, 0.29) is 0 Å². The molecule has 1 fully saturated rings. The van der Waals surface area contributed by atoms with Crippen LogP contribution in [0.3, 0.4) is 0 Å². The third-order valence-corrected chi connectivity index (χ3v) is 4.59. The van der Waals surface area contributed by atoms with Gasteiger partial charge in [-0.15, -0.1) is 11.3 Å². The molecule has 0 amide bonds. The largest absolute Gasteiger partial charge is 0.311 e. The normalized spacial score (nSPS) is 27.9. The van der Waals surface area contributed by atoms with E-state index in [1.807, 2.05) is 0 Å². The fourth-order valence-corrected chi connectivity index (χ4v) is 3.42. The minimum Gasteiger partial charge on any atom is -0.311 e. The summed E-state index contributed by atoms with van der Waals surface area (Å²) in [6, 6.07) is 0.470. The monoisotopic (exact) mass is 238 g/mol. The average Bonchev–Trinajstić information content (AvgIpc) is 2.69. The van der Waals surface area contributed by atoms with E-state index in [9.17, 15) is 0 Å². The van der Waals surface area contributed by atoms with Gasteiger partial charge in [0.25, 0.3) is 0 Å². The number of hydrogen-bond donors (Lipinski definition) is 1. The van der Waals surface area contributed by atoms with E-state index in [0.29, 0.717) is 6.04 Å². The Morgan fingerprint density at radius 3 is 2.56 bits per heavy atom. The molecule has 0 bridgehead atoms. The number of aromatic nitrogens is 1. The molecule has 1 atom stereocenters. The molecule has 0 aliphatic heterocycles. The molecule has 1 aliphatic rings. The van der Waals surface area contributed by atoms with Crippen LogP contribution in [0.1, 0.15) is 49.4 Å². The molecular formula is C13H22N2S. The van der Waals surface area contributed by atoms with Gasteiger partial charge >= 0.3 is 0 Å². The summed E-state index contributed by atoms with van der Waals surface area (Å²) in [6.45, 7) is 4.46. The van der Waals surface area contributed by atoms with Gasteiger partial charge in [0.15, 0.2) is 0 Å². The van der Waals surface area contributed by atoms with Gasteiger partial charge in [0.05, 0.1) is 16.7 Å². The summed E-state index contributed by atoms with van der Waals surface area (Å²) in [5, 5.41) is 6.86. The Bertz CT molecular complexity index is 326. The smallest absolute Gasteiger partial charge is 0.0898 e. The minimum atomic E-state index is 0.470. The van der Waals surface area contributed by atoms with Gasteiger partial charge in [0.1, 0.15) is 0 Å². The predicted molar refractivity (Wildman–Crippen MR) is 69.8 cm³/mol. The third-order valence-electron chi connectivity index (χ3n) is 3.80. The molecule has 3 heteroatoms. The van der Waals surface area contributed by atoms with Crippen molar-refractivity contribution in [2.45, 2.75) is 45.6 Å². The minimum absolute atomic E-state index is 0.470. The predicted octanol–water partition coefficient (Wildman–Crippen LogP) is 3.54. The van der Waals surface area contributed by atoms with Gasteiger partial charge < -0.3 is 5.32 Å². The van der Waals surface area contributed by atoms with Gasteiger partial charge in [-0.3, -0.25) is 0 Å². The highest BCUT2D eigenvalue weighted by Crippen LogP contribution is 2.36. The molecule has 1 saturated carbocycles. The van der Waals surface area contributed by atoms with Crippen molar-refractivity contribution in [1.29, 1.82) is 0 Å². The van der Waals surface area contributed by atoms with Crippen LogP contribution in [-0.2, 0) is 0 Å². The first kappa shape index (κ1) is 12.1. The van der Waals surface area contributed by atoms with E-state index in [2.05, 4.69) is 36.6 Å². The summed E-state index contributed by atoms with van der Waals surface area (Å²) in [6.07, 6.45) is 5.46. The van der Waals surface area contributed by atoms with Crippen molar-refractivity contribution in [1.82, 2.24) is 10.3 Å². The van der Waals surface area contributed by atoms with Gasteiger partial charge in [0.2, 0.25) is 0 Å². The Kier molecular flexibility index (Phi) is 3.98. The highest BCUT2D eigenvalue weighted by Gasteiger charge is 2.27. The lowest BCUT2D eigenvalue weighted by atomic mass is 9.78. The summed E-state index contributed by atoms with van der Waals surface area (Å²) in [7, 11) is 2.07. The van der Waals surface area contributed by atoms with E-state index in [0.717, 1.165) is 11.8 Å². The van der Waals surface area contributed by atoms with E-state index in [1.165, 1.54) is 36.4 Å². The fourth-order valence-electron chi connectivity index (χ4n) is 2.77. The van der Waals surface area contributed by atoms with Crippen LogP contribution in [-0.4, -0.2) is 12.0 Å². The maximum atomic E-state index is 4.63. The number of hydrogen-bond acceptors (Lipinski definition) is 3. The Balaban J connectivity index is 2.05. The van der Waals surface area contributed by atoms with Gasteiger partial charge in [-0.2, -0.15) is 0 Å². The summed E-state index contributed by atoms with van der Waals surface area (Å²) in [5.74, 6) is 1.70. The van der Waals surface area contributed by atoms with Crippen molar-refractivity contribution in [3.05, 3.63) is 16.1 Å². The molecule has 90 valence electrons. The number of rotatable bonds is 3. The molecule has 0 saturated heterocycles. The van der Waals surface area contributed by atoms with Gasteiger partial charge in [-0.1, -0.05) is 19.8 Å². The zero-order chi connectivity index (χ0) is 11.5. The van der Waals surface area contributed by atoms with Crippen molar-refractivity contribution in [3.63, 3.8) is 0 Å². The van der Waals surface area contributed by atoms with Crippen molar-refractivity contribution in [2.75, 3.05) is 7.05 Å². The van der Waals surface area contributed by atoms with E-state index >= 15 is 0 Å². The molecule has 1 aromatic rings. The van der Waals surface area contributed by atoms with Crippen LogP contribution in [0, 0.1) is 18.8 Å².